The van der Waals surface area contributed by atoms with Crippen molar-refractivity contribution in [3.8, 4) is 11.4 Å². The summed E-state index contributed by atoms with van der Waals surface area (Å²) in [6.45, 7) is 1.91. The molecule has 4 aromatic rings. The summed E-state index contributed by atoms with van der Waals surface area (Å²) in [6.07, 6.45) is 0.767. The summed E-state index contributed by atoms with van der Waals surface area (Å²) in [5, 5.41) is 12.7. The van der Waals surface area contributed by atoms with Crippen LogP contribution >= 0.6 is 11.6 Å². The van der Waals surface area contributed by atoms with E-state index in [1.807, 2.05) is 30.3 Å². The van der Waals surface area contributed by atoms with Crippen LogP contribution in [0.2, 0.25) is 5.02 Å². The number of fused-ring (bicyclic) bond motifs is 5. The highest BCUT2D eigenvalue weighted by atomic mass is 35.5. The lowest BCUT2D eigenvalue weighted by atomic mass is 9.86. The maximum Gasteiger partial charge on any atom is 0.343 e. The van der Waals surface area contributed by atoms with Crippen molar-refractivity contribution in [2.45, 2.75) is 38.5 Å². The van der Waals surface area contributed by atoms with Gasteiger partial charge in [-0.3, -0.25) is 4.79 Å². The van der Waals surface area contributed by atoms with Crippen LogP contribution in [0.25, 0.3) is 22.3 Å². The number of benzene rings is 2. The van der Waals surface area contributed by atoms with Gasteiger partial charge >= 0.3 is 5.97 Å². The molecule has 7 heteroatoms. The monoisotopic (exact) mass is 472 g/mol. The number of carbonyl (C=O) groups excluding carboxylic acids is 1. The number of aromatic nitrogens is 2. The molecule has 6 rings (SSSR count). The van der Waals surface area contributed by atoms with Crippen LogP contribution in [0, 0.1) is 0 Å². The minimum absolute atomic E-state index is 0.109. The summed E-state index contributed by atoms with van der Waals surface area (Å²) in [5.74, 6) is -0.726. The molecular formula is C27H21ClN2O4. The maximum absolute atomic E-state index is 13.5. The van der Waals surface area contributed by atoms with Crippen LogP contribution in [0.15, 0.2) is 59.4 Å². The van der Waals surface area contributed by atoms with Crippen molar-refractivity contribution < 1.29 is 14.6 Å². The second kappa shape index (κ2) is 7.52. The zero-order valence-corrected chi connectivity index (χ0v) is 19.2. The fourth-order valence-corrected chi connectivity index (χ4v) is 5.31. The van der Waals surface area contributed by atoms with E-state index in [1.165, 1.54) is 0 Å². The fraction of sp³-hybridized carbons (Fsp3) is 0.222. The van der Waals surface area contributed by atoms with Crippen LogP contribution in [-0.2, 0) is 34.7 Å². The number of cyclic esters (lactones) is 1. The first-order valence-corrected chi connectivity index (χ1v) is 11.6. The largest absolute Gasteiger partial charge is 0.458 e. The number of hydrogen-bond donors (Lipinski definition) is 1. The van der Waals surface area contributed by atoms with Crippen LogP contribution in [-0.4, -0.2) is 20.6 Å². The number of pyridine rings is 2. The summed E-state index contributed by atoms with van der Waals surface area (Å²) >= 11 is 6.35. The highest BCUT2D eigenvalue weighted by molar-refractivity contribution is 6.31. The van der Waals surface area contributed by atoms with Gasteiger partial charge in [-0.1, -0.05) is 48.9 Å². The molecule has 4 heterocycles. The van der Waals surface area contributed by atoms with Gasteiger partial charge in [0.2, 0.25) is 0 Å². The van der Waals surface area contributed by atoms with Crippen LogP contribution in [0.3, 0.4) is 0 Å². The summed E-state index contributed by atoms with van der Waals surface area (Å²) in [5.41, 5.74) is 3.75. The van der Waals surface area contributed by atoms with E-state index in [9.17, 15) is 14.7 Å². The van der Waals surface area contributed by atoms with Gasteiger partial charge < -0.3 is 14.4 Å². The van der Waals surface area contributed by atoms with E-state index in [0.29, 0.717) is 40.5 Å². The average Bonchev–Trinajstić information content (AvgIpc) is 3.21. The minimum Gasteiger partial charge on any atom is -0.458 e. The second-order valence-corrected chi connectivity index (χ2v) is 9.28. The van der Waals surface area contributed by atoms with E-state index >= 15 is 0 Å². The van der Waals surface area contributed by atoms with E-state index in [-0.39, 0.29) is 18.6 Å². The first kappa shape index (κ1) is 21.1. The molecule has 2 aliphatic heterocycles. The predicted molar refractivity (Wildman–Crippen MR) is 129 cm³/mol. The van der Waals surface area contributed by atoms with Gasteiger partial charge in [-0.05, 0) is 48.2 Å². The normalized spacial score (nSPS) is 18.4. The van der Waals surface area contributed by atoms with E-state index in [0.717, 1.165) is 27.6 Å². The third-order valence-corrected chi connectivity index (χ3v) is 7.23. The topological polar surface area (TPSA) is 81.4 Å². The van der Waals surface area contributed by atoms with E-state index in [1.54, 1.807) is 23.6 Å². The summed E-state index contributed by atoms with van der Waals surface area (Å²) in [7, 11) is 0. The van der Waals surface area contributed by atoms with Gasteiger partial charge in [0.05, 0.1) is 29.0 Å². The molecule has 0 amide bonds. The highest BCUT2D eigenvalue weighted by Gasteiger charge is 2.45. The molecule has 0 spiro atoms. The lowest BCUT2D eigenvalue weighted by molar-refractivity contribution is -0.172. The van der Waals surface area contributed by atoms with Gasteiger partial charge in [0, 0.05) is 21.5 Å². The first-order valence-electron chi connectivity index (χ1n) is 11.2. The number of ether oxygens (including phenoxy) is 1. The van der Waals surface area contributed by atoms with Crippen molar-refractivity contribution >= 4 is 28.5 Å². The maximum atomic E-state index is 13.5. The number of aliphatic hydroxyl groups is 1. The molecule has 0 aliphatic carbocycles. The molecule has 1 atom stereocenters. The number of rotatable bonds is 3. The number of esters is 1. The first-order chi connectivity index (χ1) is 16.4. The molecule has 0 saturated heterocycles. The Morgan fingerprint density at radius 1 is 1.12 bits per heavy atom. The zero-order valence-electron chi connectivity index (χ0n) is 18.5. The van der Waals surface area contributed by atoms with Crippen molar-refractivity contribution in [3.63, 3.8) is 0 Å². The summed E-state index contributed by atoms with van der Waals surface area (Å²) in [6, 6.07) is 17.5. The van der Waals surface area contributed by atoms with E-state index < -0.39 is 11.6 Å². The predicted octanol–water partition coefficient (Wildman–Crippen LogP) is 4.32. The highest BCUT2D eigenvalue weighted by Crippen LogP contribution is 2.41. The molecule has 2 aromatic carbocycles. The number of hydrogen-bond acceptors (Lipinski definition) is 5. The van der Waals surface area contributed by atoms with Gasteiger partial charge in [-0.25, -0.2) is 9.78 Å². The smallest absolute Gasteiger partial charge is 0.343 e. The number of carbonyl (C=O) groups is 1. The Hall–Kier alpha value is -3.48. The third-order valence-electron chi connectivity index (χ3n) is 6.99. The van der Waals surface area contributed by atoms with Crippen molar-refractivity contribution in [1.29, 1.82) is 0 Å². The molecule has 2 aliphatic rings. The minimum atomic E-state index is -1.84. The summed E-state index contributed by atoms with van der Waals surface area (Å²) < 4.78 is 6.84. The van der Waals surface area contributed by atoms with Crippen LogP contribution in [0.4, 0.5) is 0 Å². The van der Waals surface area contributed by atoms with E-state index in [4.69, 9.17) is 21.3 Å². The number of nitrogens with zero attached hydrogens (tertiary/aromatic N) is 2. The van der Waals surface area contributed by atoms with Crippen LogP contribution in [0.5, 0.6) is 0 Å². The van der Waals surface area contributed by atoms with Gasteiger partial charge in [-0.2, -0.15) is 0 Å². The molecule has 0 saturated carbocycles. The standard InChI is InChI=1S/C27H21ClN2O4/c1-2-27(33)21-12-23-24-19(13-30(23)25(31)20(21)14-34-26(27)32)17(10-15-6-4-3-5-7-15)18-11-16(28)8-9-22(18)29-24/h3-9,11-12,33H,2,10,13-14H2,1H3. The van der Waals surface area contributed by atoms with Gasteiger partial charge in [0.1, 0.15) is 6.61 Å². The van der Waals surface area contributed by atoms with Crippen molar-refractivity contribution in [3.05, 3.63) is 97.8 Å². The van der Waals surface area contributed by atoms with Crippen molar-refractivity contribution in [2.75, 3.05) is 0 Å². The number of halogens is 1. The average molecular weight is 473 g/mol. The Kier molecular flexibility index (Phi) is 4.66. The van der Waals surface area contributed by atoms with Gasteiger partial charge in [0.25, 0.3) is 5.56 Å². The Morgan fingerprint density at radius 3 is 2.68 bits per heavy atom. The molecular weight excluding hydrogens is 452 g/mol. The second-order valence-electron chi connectivity index (χ2n) is 8.84. The zero-order chi connectivity index (χ0) is 23.6. The van der Waals surface area contributed by atoms with Gasteiger partial charge in [0.15, 0.2) is 5.60 Å². The lowest BCUT2D eigenvalue weighted by Crippen LogP contribution is -2.44. The third kappa shape index (κ3) is 2.95. The summed E-state index contributed by atoms with van der Waals surface area (Å²) in [4.78, 5) is 30.8. The Labute approximate surface area is 200 Å². The Morgan fingerprint density at radius 2 is 1.91 bits per heavy atom. The molecule has 1 unspecified atom stereocenters. The van der Waals surface area contributed by atoms with Crippen molar-refractivity contribution in [1.82, 2.24) is 9.55 Å². The molecule has 170 valence electrons. The van der Waals surface area contributed by atoms with Crippen LogP contribution < -0.4 is 5.56 Å². The fourth-order valence-electron chi connectivity index (χ4n) is 5.14. The Balaban J connectivity index is 1.63. The Bertz CT molecular complexity index is 1560. The van der Waals surface area contributed by atoms with Crippen LogP contribution in [0.1, 0.15) is 41.2 Å². The molecule has 6 nitrogen and oxygen atoms in total. The molecule has 0 bridgehead atoms. The van der Waals surface area contributed by atoms with Crippen molar-refractivity contribution in [2.24, 2.45) is 0 Å². The quantitative estimate of drug-likeness (QED) is 0.395. The van der Waals surface area contributed by atoms with E-state index in [2.05, 4.69) is 12.1 Å². The van der Waals surface area contributed by atoms with Gasteiger partial charge in [-0.15, -0.1) is 0 Å². The SMILES string of the molecule is CCC1(O)C(=O)OCc2c1cc1n(c2=O)Cc2c-1nc1ccc(Cl)cc1c2Cc1ccccc1. The molecule has 0 fully saturated rings. The lowest BCUT2D eigenvalue weighted by Gasteiger charge is -2.31. The molecule has 1 N–H and O–H groups in total. The molecule has 2 aromatic heterocycles. The molecule has 34 heavy (non-hydrogen) atoms. The molecule has 0 radical (unpaired) electrons.